The van der Waals surface area contributed by atoms with E-state index in [1.807, 2.05) is 15.7 Å². The van der Waals surface area contributed by atoms with Crippen LogP contribution in [0.4, 0.5) is 0 Å². The van der Waals surface area contributed by atoms with Crippen molar-refractivity contribution >= 4 is 5.91 Å². The number of hydrogen-bond donors (Lipinski definition) is 1. The Kier molecular flexibility index (Phi) is 6.50. The van der Waals surface area contributed by atoms with Crippen LogP contribution in [0.1, 0.15) is 86.0 Å². The van der Waals surface area contributed by atoms with E-state index in [1.165, 1.54) is 56.2 Å². The summed E-state index contributed by atoms with van der Waals surface area (Å²) in [7, 11) is 0. The van der Waals surface area contributed by atoms with Gasteiger partial charge in [0.05, 0.1) is 6.54 Å². The van der Waals surface area contributed by atoms with Gasteiger partial charge in [-0.2, -0.15) is 5.10 Å². The zero-order valence-corrected chi connectivity index (χ0v) is 17.3. The lowest BCUT2D eigenvalue weighted by Gasteiger charge is -2.31. The normalized spacial score (nSPS) is 23.9. The lowest BCUT2D eigenvalue weighted by atomic mass is 9.88. The van der Waals surface area contributed by atoms with Crippen molar-refractivity contribution in [2.75, 3.05) is 13.1 Å². The largest absolute Gasteiger partial charge is 0.337 e. The fourth-order valence-corrected chi connectivity index (χ4v) is 5.30. The summed E-state index contributed by atoms with van der Waals surface area (Å²) in [5.74, 6) is 0.152. The molecule has 2 heterocycles. The molecule has 5 heteroatoms. The highest BCUT2D eigenvalue weighted by Gasteiger charge is 2.32. The Morgan fingerprint density at radius 2 is 1.75 bits per heavy atom. The van der Waals surface area contributed by atoms with Crippen LogP contribution in [-0.2, 0) is 19.4 Å². The molecular formula is C23H36N4O. The summed E-state index contributed by atoms with van der Waals surface area (Å²) < 4.78 is 2.03. The summed E-state index contributed by atoms with van der Waals surface area (Å²) in [5.41, 5.74) is 3.18. The van der Waals surface area contributed by atoms with E-state index >= 15 is 0 Å². The quantitative estimate of drug-likeness (QED) is 0.784. The molecule has 2 fully saturated rings. The van der Waals surface area contributed by atoms with E-state index in [0.29, 0.717) is 24.3 Å². The minimum atomic E-state index is 0.152. The Labute approximate surface area is 169 Å². The first kappa shape index (κ1) is 19.7. The Hall–Kier alpha value is -1.62. The number of carbonyl (C=O) groups is 1. The van der Waals surface area contributed by atoms with Gasteiger partial charge < -0.3 is 10.2 Å². The number of aromatic nitrogens is 2. The lowest BCUT2D eigenvalue weighted by molar-refractivity contribution is 0.0753. The van der Waals surface area contributed by atoms with Crippen LogP contribution in [0.15, 0.2) is 12.7 Å². The monoisotopic (exact) mass is 384 g/mol. The second-order valence-electron chi connectivity index (χ2n) is 8.89. The van der Waals surface area contributed by atoms with Gasteiger partial charge in [0.2, 0.25) is 0 Å². The van der Waals surface area contributed by atoms with Crippen LogP contribution >= 0.6 is 0 Å². The SMILES string of the molecule is C=CCn1nc(C(=O)N2CCCCCC2)c2c1CC[C@H](NC1CCCCC1)C2. The van der Waals surface area contributed by atoms with E-state index in [9.17, 15) is 4.79 Å². The number of carbonyl (C=O) groups excluding carboxylic acids is 1. The number of amides is 1. The molecule has 4 rings (SSSR count). The standard InChI is InChI=1S/C23H36N4O/c1-2-14-27-21-13-12-19(24-18-10-6-5-7-11-18)17-20(21)22(25-27)23(28)26-15-8-3-4-9-16-26/h2,18-19,24H,1,3-17H2/t19-/m0/s1. The third-order valence-corrected chi connectivity index (χ3v) is 6.82. The van der Waals surface area contributed by atoms with Crippen molar-refractivity contribution in [1.82, 2.24) is 20.0 Å². The van der Waals surface area contributed by atoms with Gasteiger partial charge in [-0.1, -0.05) is 38.2 Å². The van der Waals surface area contributed by atoms with Crippen molar-refractivity contribution in [1.29, 1.82) is 0 Å². The lowest BCUT2D eigenvalue weighted by Crippen LogP contribution is -2.43. The van der Waals surface area contributed by atoms with Gasteiger partial charge in [0, 0.05) is 36.4 Å². The maximum absolute atomic E-state index is 13.3. The van der Waals surface area contributed by atoms with Crippen molar-refractivity contribution in [2.24, 2.45) is 0 Å². The molecule has 1 aromatic heterocycles. The molecule has 5 nitrogen and oxygen atoms in total. The Bertz CT molecular complexity index is 681. The Morgan fingerprint density at radius 1 is 1.04 bits per heavy atom. The Balaban J connectivity index is 1.53. The van der Waals surface area contributed by atoms with Crippen LogP contribution in [-0.4, -0.2) is 45.8 Å². The van der Waals surface area contributed by atoms with Crippen molar-refractivity contribution in [3.8, 4) is 0 Å². The van der Waals surface area contributed by atoms with Gasteiger partial charge >= 0.3 is 0 Å². The number of likely N-dealkylation sites (tertiary alicyclic amines) is 1. The average Bonchev–Trinajstić information content (AvgIpc) is 2.89. The molecule has 0 spiro atoms. The topological polar surface area (TPSA) is 50.2 Å². The summed E-state index contributed by atoms with van der Waals surface area (Å²) in [6, 6.07) is 1.14. The van der Waals surface area contributed by atoms with Gasteiger partial charge in [0.15, 0.2) is 5.69 Å². The molecule has 0 radical (unpaired) electrons. The molecule has 0 unspecified atom stereocenters. The van der Waals surface area contributed by atoms with Gasteiger partial charge in [0.1, 0.15) is 0 Å². The highest BCUT2D eigenvalue weighted by Crippen LogP contribution is 2.28. The molecule has 0 aromatic carbocycles. The molecule has 1 aromatic rings. The van der Waals surface area contributed by atoms with Crippen molar-refractivity contribution in [3.63, 3.8) is 0 Å². The molecule has 1 atom stereocenters. The number of allylic oxidation sites excluding steroid dienone is 1. The molecule has 1 saturated carbocycles. The van der Waals surface area contributed by atoms with E-state index in [2.05, 4.69) is 11.9 Å². The van der Waals surface area contributed by atoms with Gasteiger partial charge in [0.25, 0.3) is 5.91 Å². The summed E-state index contributed by atoms with van der Waals surface area (Å²) in [5, 5.41) is 8.71. The highest BCUT2D eigenvalue weighted by atomic mass is 16.2. The van der Waals surface area contributed by atoms with Crippen LogP contribution in [0.5, 0.6) is 0 Å². The van der Waals surface area contributed by atoms with Gasteiger partial charge in [-0.25, -0.2) is 0 Å². The predicted octanol–water partition coefficient (Wildman–Crippen LogP) is 3.86. The number of rotatable bonds is 5. The van der Waals surface area contributed by atoms with E-state index in [1.54, 1.807) is 0 Å². The van der Waals surface area contributed by atoms with Gasteiger partial charge in [-0.3, -0.25) is 9.48 Å². The van der Waals surface area contributed by atoms with Crippen LogP contribution in [0.3, 0.4) is 0 Å². The Morgan fingerprint density at radius 3 is 2.46 bits per heavy atom. The fraction of sp³-hybridized carbons (Fsp3) is 0.739. The molecule has 1 saturated heterocycles. The second-order valence-corrected chi connectivity index (χ2v) is 8.89. The predicted molar refractivity (Wildman–Crippen MR) is 113 cm³/mol. The molecular weight excluding hydrogens is 348 g/mol. The third kappa shape index (κ3) is 4.35. The number of nitrogens with zero attached hydrogens (tertiary/aromatic N) is 3. The molecule has 28 heavy (non-hydrogen) atoms. The summed E-state index contributed by atoms with van der Waals surface area (Å²) in [6.07, 6.45) is 16.4. The van der Waals surface area contributed by atoms with E-state index in [4.69, 9.17) is 5.10 Å². The van der Waals surface area contributed by atoms with Gasteiger partial charge in [-0.05, 0) is 44.9 Å². The molecule has 1 amide bonds. The first-order chi connectivity index (χ1) is 13.8. The van der Waals surface area contributed by atoms with E-state index < -0.39 is 0 Å². The molecule has 1 aliphatic heterocycles. The first-order valence-electron chi connectivity index (χ1n) is 11.5. The maximum atomic E-state index is 13.3. The number of fused-ring (bicyclic) bond motifs is 1. The third-order valence-electron chi connectivity index (χ3n) is 6.82. The van der Waals surface area contributed by atoms with Crippen molar-refractivity contribution in [2.45, 2.75) is 95.7 Å². The van der Waals surface area contributed by atoms with Crippen molar-refractivity contribution in [3.05, 3.63) is 29.6 Å². The molecule has 1 N–H and O–H groups in total. The highest BCUT2D eigenvalue weighted by molar-refractivity contribution is 5.94. The molecule has 2 aliphatic carbocycles. The maximum Gasteiger partial charge on any atom is 0.274 e. The smallest absolute Gasteiger partial charge is 0.274 e. The first-order valence-corrected chi connectivity index (χ1v) is 11.5. The fourth-order valence-electron chi connectivity index (χ4n) is 5.30. The van der Waals surface area contributed by atoms with Crippen LogP contribution in [0.2, 0.25) is 0 Å². The van der Waals surface area contributed by atoms with Crippen molar-refractivity contribution < 1.29 is 4.79 Å². The number of hydrogen-bond acceptors (Lipinski definition) is 3. The molecule has 3 aliphatic rings. The minimum absolute atomic E-state index is 0.152. The zero-order valence-electron chi connectivity index (χ0n) is 17.3. The average molecular weight is 385 g/mol. The van der Waals surface area contributed by atoms with Crippen LogP contribution in [0, 0.1) is 0 Å². The summed E-state index contributed by atoms with van der Waals surface area (Å²) in [4.78, 5) is 15.4. The van der Waals surface area contributed by atoms with E-state index in [-0.39, 0.29) is 5.91 Å². The van der Waals surface area contributed by atoms with Crippen LogP contribution in [0.25, 0.3) is 0 Å². The second kappa shape index (κ2) is 9.25. The molecule has 154 valence electrons. The summed E-state index contributed by atoms with van der Waals surface area (Å²) >= 11 is 0. The number of nitrogens with one attached hydrogen (secondary N) is 1. The van der Waals surface area contributed by atoms with E-state index in [0.717, 1.165) is 45.2 Å². The minimum Gasteiger partial charge on any atom is -0.337 e. The molecule has 0 bridgehead atoms. The summed E-state index contributed by atoms with van der Waals surface area (Å²) in [6.45, 7) is 6.34. The zero-order chi connectivity index (χ0) is 19.3. The van der Waals surface area contributed by atoms with Crippen LogP contribution < -0.4 is 5.32 Å². The van der Waals surface area contributed by atoms with Gasteiger partial charge in [-0.15, -0.1) is 6.58 Å².